The van der Waals surface area contributed by atoms with Crippen LogP contribution in [-0.4, -0.2) is 11.6 Å². The molecule has 2 heteroatoms. The van der Waals surface area contributed by atoms with Crippen LogP contribution in [0.25, 0.3) is 0 Å². The van der Waals surface area contributed by atoms with Gasteiger partial charge in [-0.3, -0.25) is 9.59 Å². The molecule has 0 N–H and O–H groups in total. The van der Waals surface area contributed by atoms with E-state index in [0.29, 0.717) is 16.5 Å². The van der Waals surface area contributed by atoms with E-state index in [9.17, 15) is 9.59 Å². The van der Waals surface area contributed by atoms with Gasteiger partial charge in [-0.05, 0) is 74.2 Å². The maximum absolute atomic E-state index is 12.9. The second kappa shape index (κ2) is 4.66. The van der Waals surface area contributed by atoms with Crippen LogP contribution in [0.1, 0.15) is 65.7 Å². The largest absolute Gasteiger partial charge is 0.289 e. The molecule has 4 bridgehead atoms. The SMILES string of the molecule is O=C1C=C(CC23CC4CC(CC(C4)C2)C3)C(=O)c2ccccc21. The maximum atomic E-state index is 12.9. The molecule has 5 aliphatic carbocycles. The van der Waals surface area contributed by atoms with Gasteiger partial charge in [0.2, 0.25) is 0 Å². The molecule has 2 nitrogen and oxygen atoms in total. The lowest BCUT2D eigenvalue weighted by molar-refractivity contribution is -0.0519. The van der Waals surface area contributed by atoms with Crippen LogP contribution in [0.15, 0.2) is 35.9 Å². The highest BCUT2D eigenvalue weighted by molar-refractivity contribution is 6.24. The zero-order valence-electron chi connectivity index (χ0n) is 13.4. The summed E-state index contributed by atoms with van der Waals surface area (Å²) in [5.41, 5.74) is 2.27. The molecule has 4 fully saturated rings. The van der Waals surface area contributed by atoms with Crippen molar-refractivity contribution in [1.29, 1.82) is 0 Å². The van der Waals surface area contributed by atoms with Gasteiger partial charge in [-0.15, -0.1) is 0 Å². The van der Waals surface area contributed by atoms with Crippen molar-refractivity contribution in [3.05, 3.63) is 47.0 Å². The average molecular weight is 306 g/mol. The molecule has 0 spiro atoms. The van der Waals surface area contributed by atoms with Gasteiger partial charge < -0.3 is 0 Å². The molecule has 5 aliphatic rings. The molecule has 0 radical (unpaired) electrons. The van der Waals surface area contributed by atoms with Crippen LogP contribution in [-0.2, 0) is 0 Å². The molecule has 0 atom stereocenters. The molecule has 0 amide bonds. The first kappa shape index (κ1) is 13.7. The molecule has 118 valence electrons. The van der Waals surface area contributed by atoms with Crippen molar-refractivity contribution in [3.8, 4) is 0 Å². The third-order valence-electron chi connectivity index (χ3n) is 6.76. The Morgan fingerprint density at radius 3 is 2.04 bits per heavy atom. The second-order valence-electron chi connectivity index (χ2n) is 8.50. The first-order valence-electron chi connectivity index (χ1n) is 9.00. The van der Waals surface area contributed by atoms with E-state index in [0.717, 1.165) is 29.7 Å². The number of fused-ring (bicyclic) bond motifs is 1. The summed E-state index contributed by atoms with van der Waals surface area (Å²) in [7, 11) is 0. The molecule has 23 heavy (non-hydrogen) atoms. The lowest BCUT2D eigenvalue weighted by Gasteiger charge is -2.57. The minimum Gasteiger partial charge on any atom is -0.289 e. The first-order valence-corrected chi connectivity index (χ1v) is 9.00. The quantitative estimate of drug-likeness (QED) is 0.800. The fourth-order valence-electron chi connectivity index (χ4n) is 6.41. The van der Waals surface area contributed by atoms with Crippen LogP contribution < -0.4 is 0 Å². The van der Waals surface area contributed by atoms with Gasteiger partial charge in [0.1, 0.15) is 0 Å². The lowest BCUT2D eigenvalue weighted by Crippen LogP contribution is -2.46. The van der Waals surface area contributed by atoms with Gasteiger partial charge in [0.05, 0.1) is 0 Å². The number of hydrogen-bond donors (Lipinski definition) is 0. The zero-order chi connectivity index (χ0) is 15.6. The van der Waals surface area contributed by atoms with Crippen LogP contribution in [0, 0.1) is 23.2 Å². The molecular formula is C21H22O2. The van der Waals surface area contributed by atoms with Gasteiger partial charge in [-0.2, -0.15) is 0 Å². The van der Waals surface area contributed by atoms with E-state index in [1.54, 1.807) is 12.1 Å². The fraction of sp³-hybridized carbons (Fsp3) is 0.524. The van der Waals surface area contributed by atoms with Crippen molar-refractivity contribution >= 4 is 11.6 Å². The van der Waals surface area contributed by atoms with Crippen LogP contribution in [0.2, 0.25) is 0 Å². The number of carbonyl (C=O) groups is 2. The fourth-order valence-corrected chi connectivity index (χ4v) is 6.41. The molecule has 0 saturated heterocycles. The van der Waals surface area contributed by atoms with E-state index in [1.807, 2.05) is 18.2 Å². The van der Waals surface area contributed by atoms with E-state index >= 15 is 0 Å². The Labute approximate surface area is 137 Å². The maximum Gasteiger partial charge on any atom is 0.189 e. The summed E-state index contributed by atoms with van der Waals surface area (Å²) in [6.45, 7) is 0. The molecular weight excluding hydrogens is 284 g/mol. The molecule has 0 aliphatic heterocycles. The first-order chi connectivity index (χ1) is 11.1. The third kappa shape index (κ3) is 2.07. The third-order valence-corrected chi connectivity index (χ3v) is 6.76. The second-order valence-corrected chi connectivity index (χ2v) is 8.50. The topological polar surface area (TPSA) is 34.1 Å². The Morgan fingerprint density at radius 2 is 1.43 bits per heavy atom. The number of benzene rings is 1. The summed E-state index contributed by atoms with van der Waals surface area (Å²) in [5.74, 6) is 2.74. The zero-order valence-corrected chi connectivity index (χ0v) is 13.4. The number of allylic oxidation sites excluding steroid dienone is 2. The van der Waals surface area contributed by atoms with Crippen LogP contribution in [0.4, 0.5) is 0 Å². The van der Waals surface area contributed by atoms with Gasteiger partial charge in [0, 0.05) is 16.7 Å². The van der Waals surface area contributed by atoms with Gasteiger partial charge in [0.25, 0.3) is 0 Å². The highest BCUT2D eigenvalue weighted by Crippen LogP contribution is 2.62. The smallest absolute Gasteiger partial charge is 0.189 e. The summed E-state index contributed by atoms with van der Waals surface area (Å²) in [6, 6.07) is 7.27. The summed E-state index contributed by atoms with van der Waals surface area (Å²) >= 11 is 0. The van der Waals surface area contributed by atoms with Crippen molar-refractivity contribution in [2.75, 3.05) is 0 Å². The Balaban J connectivity index is 1.47. The van der Waals surface area contributed by atoms with E-state index in [-0.39, 0.29) is 11.6 Å². The van der Waals surface area contributed by atoms with Crippen molar-refractivity contribution in [1.82, 2.24) is 0 Å². The highest BCUT2D eigenvalue weighted by atomic mass is 16.1. The summed E-state index contributed by atoms with van der Waals surface area (Å²) in [6.07, 6.45) is 10.5. The summed E-state index contributed by atoms with van der Waals surface area (Å²) in [5, 5.41) is 0. The van der Waals surface area contributed by atoms with E-state index in [2.05, 4.69) is 0 Å². The van der Waals surface area contributed by atoms with Crippen LogP contribution in [0.5, 0.6) is 0 Å². The van der Waals surface area contributed by atoms with Gasteiger partial charge >= 0.3 is 0 Å². The molecule has 0 unspecified atom stereocenters. The summed E-state index contributed by atoms with van der Waals surface area (Å²) < 4.78 is 0. The molecule has 6 rings (SSSR count). The average Bonchev–Trinajstić information content (AvgIpc) is 2.51. The van der Waals surface area contributed by atoms with Gasteiger partial charge in [-0.1, -0.05) is 24.3 Å². The molecule has 0 heterocycles. The normalized spacial score (nSPS) is 37.7. The Kier molecular flexibility index (Phi) is 2.78. The molecule has 1 aromatic rings. The highest BCUT2D eigenvalue weighted by Gasteiger charge is 2.51. The monoisotopic (exact) mass is 306 g/mol. The Bertz CT molecular complexity index is 705. The summed E-state index contributed by atoms with van der Waals surface area (Å²) in [4.78, 5) is 25.3. The predicted octanol–water partition coefficient (Wildman–Crippen LogP) is 4.60. The van der Waals surface area contributed by atoms with E-state index < -0.39 is 0 Å². The standard InChI is InChI=1S/C21H22O2/c22-19-8-16(20(23)18-4-2-1-3-17(18)19)12-21-9-13-5-14(10-21)7-15(6-13)11-21/h1-4,8,13-15H,5-7,9-12H2. The van der Waals surface area contributed by atoms with Crippen molar-refractivity contribution < 1.29 is 9.59 Å². The van der Waals surface area contributed by atoms with E-state index in [4.69, 9.17) is 0 Å². The minimum absolute atomic E-state index is 0.0138. The Morgan fingerprint density at radius 1 is 0.870 bits per heavy atom. The lowest BCUT2D eigenvalue weighted by atomic mass is 9.48. The number of rotatable bonds is 2. The molecule has 0 aromatic heterocycles. The minimum atomic E-state index is 0.0138. The molecule has 1 aromatic carbocycles. The predicted molar refractivity (Wildman–Crippen MR) is 88.4 cm³/mol. The van der Waals surface area contributed by atoms with Gasteiger partial charge in [0.15, 0.2) is 11.6 Å². The van der Waals surface area contributed by atoms with Crippen molar-refractivity contribution in [2.24, 2.45) is 23.2 Å². The van der Waals surface area contributed by atoms with Gasteiger partial charge in [-0.25, -0.2) is 0 Å². The Hall–Kier alpha value is -1.70. The number of carbonyl (C=O) groups excluding carboxylic acids is 2. The number of hydrogen-bond acceptors (Lipinski definition) is 2. The van der Waals surface area contributed by atoms with Crippen LogP contribution in [0.3, 0.4) is 0 Å². The van der Waals surface area contributed by atoms with E-state index in [1.165, 1.54) is 38.5 Å². The number of ketones is 2. The number of Topliss-reactive ketones (excluding diaryl/α,β-unsaturated/α-hetero) is 1. The van der Waals surface area contributed by atoms with Crippen LogP contribution >= 0.6 is 0 Å². The van der Waals surface area contributed by atoms with Crippen molar-refractivity contribution in [3.63, 3.8) is 0 Å². The molecule has 4 saturated carbocycles. The van der Waals surface area contributed by atoms with Crippen molar-refractivity contribution in [2.45, 2.75) is 44.9 Å².